The summed E-state index contributed by atoms with van der Waals surface area (Å²) in [5, 5.41) is 0. The normalized spacial score (nSPS) is 19.6. The van der Waals surface area contributed by atoms with Crippen LogP contribution in [-0.4, -0.2) is 36.5 Å². The van der Waals surface area contributed by atoms with Gasteiger partial charge in [0, 0.05) is 24.7 Å². The van der Waals surface area contributed by atoms with Crippen LogP contribution in [0.2, 0.25) is 0 Å². The summed E-state index contributed by atoms with van der Waals surface area (Å²) in [6.07, 6.45) is 2.15. The highest BCUT2D eigenvalue weighted by atomic mass is 35.5. The van der Waals surface area contributed by atoms with Crippen molar-refractivity contribution in [1.29, 1.82) is 0 Å². The average Bonchev–Trinajstić information content (AvgIpc) is 2.48. The summed E-state index contributed by atoms with van der Waals surface area (Å²) in [6.45, 7) is 6.20. The van der Waals surface area contributed by atoms with Crippen LogP contribution in [-0.2, 0) is 0 Å². The molecule has 1 saturated heterocycles. The molecule has 1 fully saturated rings. The Morgan fingerprint density at radius 3 is 2.67 bits per heavy atom. The molecule has 2 atom stereocenters. The molecule has 118 valence electrons. The van der Waals surface area contributed by atoms with Gasteiger partial charge >= 0.3 is 0 Å². The zero-order valence-corrected chi connectivity index (χ0v) is 13.6. The van der Waals surface area contributed by atoms with Crippen LogP contribution >= 0.6 is 12.4 Å². The highest BCUT2D eigenvalue weighted by molar-refractivity contribution is 5.94. The lowest BCUT2D eigenvalue weighted by atomic mass is 9.92. The maximum Gasteiger partial charge on any atom is 0.253 e. The van der Waals surface area contributed by atoms with E-state index in [2.05, 4.69) is 0 Å². The Morgan fingerprint density at radius 2 is 2.10 bits per heavy atom. The van der Waals surface area contributed by atoms with E-state index in [4.69, 9.17) is 10.5 Å². The highest BCUT2D eigenvalue weighted by Crippen LogP contribution is 2.21. The van der Waals surface area contributed by atoms with Crippen LogP contribution in [0.5, 0.6) is 5.75 Å². The molecular weight excluding hydrogens is 288 g/mol. The molecule has 2 unspecified atom stereocenters. The van der Waals surface area contributed by atoms with E-state index in [1.54, 1.807) is 0 Å². The number of nitrogens with zero attached hydrogens (tertiary/aromatic N) is 1. The van der Waals surface area contributed by atoms with E-state index in [9.17, 15) is 4.79 Å². The number of likely N-dealkylation sites (tertiary alicyclic amines) is 1. The molecular formula is C16H25ClN2O2. The number of piperidine rings is 1. The van der Waals surface area contributed by atoms with Crippen LogP contribution < -0.4 is 10.5 Å². The van der Waals surface area contributed by atoms with Crippen molar-refractivity contribution in [3.63, 3.8) is 0 Å². The molecule has 4 nitrogen and oxygen atoms in total. The average molecular weight is 313 g/mol. The molecule has 1 amide bonds. The molecule has 2 N–H and O–H groups in total. The quantitative estimate of drug-likeness (QED) is 0.930. The lowest BCUT2D eigenvalue weighted by Crippen LogP contribution is -2.45. The maximum atomic E-state index is 12.5. The lowest BCUT2D eigenvalue weighted by molar-refractivity contribution is 0.0661. The molecule has 1 heterocycles. The number of halogens is 1. The van der Waals surface area contributed by atoms with Gasteiger partial charge in [0.05, 0.1) is 6.61 Å². The van der Waals surface area contributed by atoms with E-state index in [0.29, 0.717) is 12.5 Å². The van der Waals surface area contributed by atoms with Gasteiger partial charge in [0.15, 0.2) is 0 Å². The second kappa shape index (κ2) is 8.25. The van der Waals surface area contributed by atoms with Gasteiger partial charge in [0.1, 0.15) is 5.75 Å². The zero-order valence-electron chi connectivity index (χ0n) is 12.7. The largest absolute Gasteiger partial charge is 0.494 e. The SMILES string of the molecule is CCOc1ccc(C(=O)N2CCCC(C(C)N)C2)cc1.Cl. The van der Waals surface area contributed by atoms with Crippen LogP contribution in [0.15, 0.2) is 24.3 Å². The summed E-state index contributed by atoms with van der Waals surface area (Å²) in [5.41, 5.74) is 6.69. The van der Waals surface area contributed by atoms with Gasteiger partial charge < -0.3 is 15.4 Å². The lowest BCUT2D eigenvalue weighted by Gasteiger charge is -2.34. The molecule has 0 bridgehead atoms. The summed E-state index contributed by atoms with van der Waals surface area (Å²) in [5.74, 6) is 1.31. The molecule has 1 aliphatic heterocycles. The van der Waals surface area contributed by atoms with Gasteiger partial charge in [-0.15, -0.1) is 12.4 Å². The van der Waals surface area contributed by atoms with Crippen molar-refractivity contribution in [2.24, 2.45) is 11.7 Å². The number of amides is 1. The predicted molar refractivity (Wildman–Crippen MR) is 87.1 cm³/mol. The van der Waals surface area contributed by atoms with E-state index < -0.39 is 0 Å². The second-order valence-electron chi connectivity index (χ2n) is 5.47. The molecule has 1 aliphatic rings. The highest BCUT2D eigenvalue weighted by Gasteiger charge is 2.26. The van der Waals surface area contributed by atoms with Crippen molar-refractivity contribution in [2.75, 3.05) is 19.7 Å². The minimum atomic E-state index is 0. The first-order chi connectivity index (χ1) is 9.61. The standard InChI is InChI=1S/C16H24N2O2.ClH/c1-3-20-15-8-6-13(7-9-15)16(19)18-10-4-5-14(11-18)12(2)17;/h6-9,12,14H,3-5,10-11,17H2,1-2H3;1H. The fourth-order valence-corrected chi connectivity index (χ4v) is 2.67. The minimum Gasteiger partial charge on any atom is -0.494 e. The number of hydrogen-bond donors (Lipinski definition) is 1. The first-order valence-electron chi connectivity index (χ1n) is 7.39. The fourth-order valence-electron chi connectivity index (χ4n) is 2.67. The Kier molecular flexibility index (Phi) is 6.99. The van der Waals surface area contributed by atoms with Gasteiger partial charge in [-0.3, -0.25) is 4.79 Å². The molecule has 5 heteroatoms. The van der Waals surface area contributed by atoms with E-state index in [-0.39, 0.29) is 24.4 Å². The number of nitrogens with two attached hydrogens (primary N) is 1. The fraction of sp³-hybridized carbons (Fsp3) is 0.562. The first-order valence-corrected chi connectivity index (χ1v) is 7.39. The van der Waals surface area contributed by atoms with E-state index in [0.717, 1.165) is 37.2 Å². The van der Waals surface area contributed by atoms with Gasteiger partial charge in [0.2, 0.25) is 0 Å². The van der Waals surface area contributed by atoms with Crippen molar-refractivity contribution in [2.45, 2.75) is 32.7 Å². The molecule has 21 heavy (non-hydrogen) atoms. The Bertz CT molecular complexity index is 448. The van der Waals surface area contributed by atoms with Crippen molar-refractivity contribution in [3.8, 4) is 5.75 Å². The smallest absolute Gasteiger partial charge is 0.253 e. The van der Waals surface area contributed by atoms with E-state index in [1.165, 1.54) is 0 Å². The summed E-state index contributed by atoms with van der Waals surface area (Å²) in [7, 11) is 0. The summed E-state index contributed by atoms with van der Waals surface area (Å²) < 4.78 is 5.39. The molecule has 0 aromatic heterocycles. The van der Waals surface area contributed by atoms with Crippen LogP contribution in [0.3, 0.4) is 0 Å². The molecule has 0 saturated carbocycles. The number of rotatable bonds is 4. The Labute approximate surface area is 133 Å². The van der Waals surface area contributed by atoms with Gasteiger partial charge in [-0.25, -0.2) is 0 Å². The number of carbonyl (C=O) groups is 1. The molecule has 2 rings (SSSR count). The van der Waals surface area contributed by atoms with Crippen molar-refractivity contribution in [3.05, 3.63) is 29.8 Å². The number of carbonyl (C=O) groups excluding carboxylic acids is 1. The van der Waals surface area contributed by atoms with Gasteiger partial charge in [-0.2, -0.15) is 0 Å². The van der Waals surface area contributed by atoms with Gasteiger partial charge in [0.25, 0.3) is 5.91 Å². The third kappa shape index (κ3) is 4.61. The zero-order chi connectivity index (χ0) is 14.5. The maximum absolute atomic E-state index is 12.5. The summed E-state index contributed by atoms with van der Waals surface area (Å²) >= 11 is 0. The van der Waals surface area contributed by atoms with Crippen LogP contribution in [0.25, 0.3) is 0 Å². The van der Waals surface area contributed by atoms with E-state index in [1.807, 2.05) is 43.0 Å². The Balaban J connectivity index is 0.00000220. The molecule has 0 spiro atoms. The molecule has 1 aromatic rings. The van der Waals surface area contributed by atoms with Gasteiger partial charge in [-0.1, -0.05) is 0 Å². The minimum absolute atomic E-state index is 0. The van der Waals surface area contributed by atoms with Crippen molar-refractivity contribution < 1.29 is 9.53 Å². The predicted octanol–water partition coefficient (Wildman–Crippen LogP) is 2.71. The van der Waals surface area contributed by atoms with Crippen LogP contribution in [0.1, 0.15) is 37.0 Å². The Hall–Kier alpha value is -1.26. The number of benzene rings is 1. The molecule has 1 aromatic carbocycles. The van der Waals surface area contributed by atoms with E-state index >= 15 is 0 Å². The van der Waals surface area contributed by atoms with Crippen molar-refractivity contribution in [1.82, 2.24) is 4.90 Å². The third-order valence-corrected chi connectivity index (χ3v) is 3.90. The van der Waals surface area contributed by atoms with Gasteiger partial charge in [-0.05, 0) is 56.9 Å². The summed E-state index contributed by atoms with van der Waals surface area (Å²) in [4.78, 5) is 14.4. The monoisotopic (exact) mass is 312 g/mol. The number of ether oxygens (including phenoxy) is 1. The first kappa shape index (κ1) is 17.8. The molecule has 0 aliphatic carbocycles. The Morgan fingerprint density at radius 1 is 1.43 bits per heavy atom. The third-order valence-electron chi connectivity index (χ3n) is 3.90. The second-order valence-corrected chi connectivity index (χ2v) is 5.47. The summed E-state index contributed by atoms with van der Waals surface area (Å²) in [6, 6.07) is 7.52. The van der Waals surface area contributed by atoms with Crippen LogP contribution in [0, 0.1) is 5.92 Å². The van der Waals surface area contributed by atoms with Crippen LogP contribution in [0.4, 0.5) is 0 Å². The topological polar surface area (TPSA) is 55.6 Å². The van der Waals surface area contributed by atoms with Crippen molar-refractivity contribution >= 4 is 18.3 Å². The number of hydrogen-bond acceptors (Lipinski definition) is 3. The molecule has 0 radical (unpaired) electrons.